The summed E-state index contributed by atoms with van der Waals surface area (Å²) in [7, 11) is 0. The molecule has 17 heavy (non-hydrogen) atoms. The Kier molecular flexibility index (Phi) is 2.74. The van der Waals surface area contributed by atoms with Gasteiger partial charge in [-0.1, -0.05) is 24.0 Å². The fraction of sp³-hybridized carbons (Fsp3) is 0.250. The van der Waals surface area contributed by atoms with Crippen LogP contribution in [0.3, 0.4) is 0 Å². The Labute approximate surface area is 106 Å². The molecule has 1 aromatic carbocycles. The van der Waals surface area contributed by atoms with Gasteiger partial charge in [0.2, 0.25) is 0 Å². The maximum absolute atomic E-state index is 3.22. The van der Waals surface area contributed by atoms with Crippen LogP contribution in [-0.2, 0) is 0 Å². The second kappa shape index (κ2) is 4.39. The minimum atomic E-state index is 0.831. The van der Waals surface area contributed by atoms with Crippen LogP contribution in [0.4, 0.5) is 0 Å². The molecule has 1 saturated carbocycles. The summed E-state index contributed by atoms with van der Waals surface area (Å²) in [5.74, 6) is 7.27. The smallest absolute Gasteiger partial charge is 0.0775 e. The van der Waals surface area contributed by atoms with E-state index < -0.39 is 0 Å². The Morgan fingerprint density at radius 2 is 1.76 bits per heavy atom. The van der Waals surface area contributed by atoms with E-state index in [1.807, 2.05) is 0 Å². The lowest BCUT2D eigenvalue weighted by atomic mass is 10.1. The molecule has 1 heterocycles. The largest absolute Gasteiger partial charge is 0.132 e. The van der Waals surface area contributed by atoms with Gasteiger partial charge < -0.3 is 0 Å². The molecule has 84 valence electrons. The van der Waals surface area contributed by atoms with Crippen molar-refractivity contribution in [1.82, 2.24) is 0 Å². The molecule has 0 aliphatic heterocycles. The first-order valence-electron chi connectivity index (χ1n) is 6.00. The van der Waals surface area contributed by atoms with Crippen LogP contribution in [0.2, 0.25) is 0 Å². The third-order valence-electron chi connectivity index (χ3n) is 3.03. The summed E-state index contributed by atoms with van der Waals surface area (Å²) in [6, 6.07) is 12.9. The molecule has 0 nitrogen and oxygen atoms in total. The van der Waals surface area contributed by atoms with Crippen molar-refractivity contribution in [2.24, 2.45) is 0 Å². The van der Waals surface area contributed by atoms with Crippen molar-refractivity contribution in [2.75, 3.05) is 0 Å². The predicted octanol–water partition coefficient (Wildman–Crippen LogP) is 4.33. The van der Waals surface area contributed by atoms with Crippen LogP contribution in [-0.4, -0.2) is 0 Å². The highest BCUT2D eigenvalue weighted by Gasteiger charge is 2.22. The fourth-order valence-electron chi connectivity index (χ4n) is 1.89. The summed E-state index contributed by atoms with van der Waals surface area (Å²) in [6.07, 6.45) is 2.72. The van der Waals surface area contributed by atoms with Gasteiger partial charge in [-0.25, -0.2) is 0 Å². The lowest BCUT2D eigenvalue weighted by molar-refractivity contribution is 1.13. The van der Waals surface area contributed by atoms with Gasteiger partial charge in [-0.05, 0) is 55.5 Å². The number of thiophene rings is 1. The van der Waals surface area contributed by atoms with Crippen LogP contribution in [0.15, 0.2) is 36.4 Å². The van der Waals surface area contributed by atoms with Crippen LogP contribution in [0, 0.1) is 18.8 Å². The normalized spacial score (nSPS) is 14.2. The number of hydrogen-bond donors (Lipinski definition) is 0. The highest BCUT2D eigenvalue weighted by atomic mass is 32.1. The Hall–Kier alpha value is -1.52. The summed E-state index contributed by atoms with van der Waals surface area (Å²) in [5, 5.41) is 0. The highest BCUT2D eigenvalue weighted by Crippen LogP contribution is 2.39. The number of aryl methyl sites for hydroxylation is 1. The first kappa shape index (κ1) is 10.6. The number of hydrogen-bond acceptors (Lipinski definition) is 1. The molecular formula is C16H14S. The lowest BCUT2D eigenvalue weighted by Gasteiger charge is -1.96. The van der Waals surface area contributed by atoms with Crippen molar-refractivity contribution < 1.29 is 0 Å². The van der Waals surface area contributed by atoms with Crippen LogP contribution in [0.5, 0.6) is 0 Å². The van der Waals surface area contributed by atoms with E-state index in [4.69, 9.17) is 0 Å². The van der Waals surface area contributed by atoms with Gasteiger partial charge in [-0.3, -0.25) is 0 Å². The van der Waals surface area contributed by atoms with Gasteiger partial charge in [0.1, 0.15) is 0 Å². The van der Waals surface area contributed by atoms with Gasteiger partial charge in [0, 0.05) is 10.4 Å². The van der Waals surface area contributed by atoms with Crippen LogP contribution in [0.25, 0.3) is 0 Å². The zero-order valence-corrected chi connectivity index (χ0v) is 10.7. The molecule has 0 amide bonds. The third-order valence-corrected chi connectivity index (χ3v) is 3.95. The van der Waals surface area contributed by atoms with Crippen LogP contribution in [0.1, 0.15) is 39.6 Å². The van der Waals surface area contributed by atoms with Crippen molar-refractivity contribution in [2.45, 2.75) is 25.7 Å². The van der Waals surface area contributed by atoms with Crippen molar-refractivity contribution in [3.63, 3.8) is 0 Å². The molecule has 0 saturated heterocycles. The predicted molar refractivity (Wildman–Crippen MR) is 73.5 cm³/mol. The second-order valence-corrected chi connectivity index (χ2v) is 5.84. The molecule has 1 aliphatic carbocycles. The van der Waals surface area contributed by atoms with E-state index in [-0.39, 0.29) is 0 Å². The summed E-state index contributed by atoms with van der Waals surface area (Å²) >= 11 is 1.75. The zero-order chi connectivity index (χ0) is 11.7. The van der Waals surface area contributed by atoms with Crippen LogP contribution >= 0.6 is 11.3 Å². The monoisotopic (exact) mass is 238 g/mol. The SMILES string of the molecule is Cc1ccc(C#Cc2ccc(C3CC3)cc2)s1. The van der Waals surface area contributed by atoms with E-state index in [9.17, 15) is 0 Å². The molecule has 0 N–H and O–H groups in total. The maximum Gasteiger partial charge on any atom is 0.0775 e. The summed E-state index contributed by atoms with van der Waals surface area (Å²) in [6.45, 7) is 2.11. The molecule has 0 spiro atoms. The summed E-state index contributed by atoms with van der Waals surface area (Å²) < 4.78 is 0. The Morgan fingerprint density at radius 1 is 1.00 bits per heavy atom. The van der Waals surface area contributed by atoms with Crippen LogP contribution < -0.4 is 0 Å². The number of rotatable bonds is 1. The molecule has 1 aliphatic rings. The lowest BCUT2D eigenvalue weighted by Crippen LogP contribution is -1.79. The van der Waals surface area contributed by atoms with Gasteiger partial charge in [0.15, 0.2) is 0 Å². The van der Waals surface area contributed by atoms with E-state index in [1.165, 1.54) is 23.3 Å². The van der Waals surface area contributed by atoms with Crippen molar-refractivity contribution in [3.8, 4) is 11.8 Å². The molecule has 0 atom stereocenters. The van der Waals surface area contributed by atoms with E-state index in [0.717, 1.165) is 16.4 Å². The minimum Gasteiger partial charge on any atom is -0.132 e. The van der Waals surface area contributed by atoms with Crippen molar-refractivity contribution >= 4 is 11.3 Å². The topological polar surface area (TPSA) is 0 Å². The fourth-order valence-corrected chi connectivity index (χ4v) is 2.61. The Balaban J connectivity index is 1.78. The van der Waals surface area contributed by atoms with E-state index >= 15 is 0 Å². The molecule has 3 rings (SSSR count). The molecule has 1 fully saturated rings. The van der Waals surface area contributed by atoms with Gasteiger partial charge >= 0.3 is 0 Å². The first-order valence-corrected chi connectivity index (χ1v) is 6.81. The first-order chi connectivity index (χ1) is 8.31. The van der Waals surface area contributed by atoms with Gasteiger partial charge in [0.05, 0.1) is 4.88 Å². The summed E-state index contributed by atoms with van der Waals surface area (Å²) in [5.41, 5.74) is 2.59. The Bertz CT molecular complexity index is 574. The molecule has 2 aromatic rings. The average Bonchev–Trinajstić information content (AvgIpc) is 3.11. The van der Waals surface area contributed by atoms with Gasteiger partial charge in [0.25, 0.3) is 0 Å². The zero-order valence-electron chi connectivity index (χ0n) is 9.86. The van der Waals surface area contributed by atoms with E-state index in [1.54, 1.807) is 11.3 Å². The molecule has 0 unspecified atom stereocenters. The van der Waals surface area contributed by atoms with E-state index in [2.05, 4.69) is 55.2 Å². The summed E-state index contributed by atoms with van der Waals surface area (Å²) in [4.78, 5) is 2.46. The molecule has 1 aromatic heterocycles. The standard InChI is InChI=1S/C16H14S/c1-12-2-10-16(17-12)11-5-13-3-6-14(7-4-13)15-8-9-15/h2-4,6-7,10,15H,8-9H2,1H3. The molecular weight excluding hydrogens is 224 g/mol. The average molecular weight is 238 g/mol. The van der Waals surface area contributed by atoms with Crippen molar-refractivity contribution in [1.29, 1.82) is 0 Å². The third kappa shape index (κ3) is 2.60. The molecule has 0 bridgehead atoms. The number of benzene rings is 1. The highest BCUT2D eigenvalue weighted by molar-refractivity contribution is 7.12. The quantitative estimate of drug-likeness (QED) is 0.649. The Morgan fingerprint density at radius 3 is 2.35 bits per heavy atom. The van der Waals surface area contributed by atoms with Gasteiger partial charge in [-0.2, -0.15) is 0 Å². The van der Waals surface area contributed by atoms with Crippen molar-refractivity contribution in [3.05, 3.63) is 57.3 Å². The van der Waals surface area contributed by atoms with Gasteiger partial charge in [-0.15, -0.1) is 11.3 Å². The minimum absolute atomic E-state index is 0.831. The molecule has 0 radical (unpaired) electrons. The second-order valence-electron chi connectivity index (χ2n) is 4.56. The van der Waals surface area contributed by atoms with E-state index in [0.29, 0.717) is 0 Å². The molecule has 1 heteroatoms. The maximum atomic E-state index is 3.22.